The minimum Gasteiger partial charge on any atom is -0.353 e. The zero-order valence-electron chi connectivity index (χ0n) is 19.4. The third-order valence-electron chi connectivity index (χ3n) is 6.63. The summed E-state index contributed by atoms with van der Waals surface area (Å²) in [5, 5.41) is 6.63. The highest BCUT2D eigenvalue weighted by Crippen LogP contribution is 2.35. The Morgan fingerprint density at radius 1 is 1.03 bits per heavy atom. The van der Waals surface area contributed by atoms with Crippen LogP contribution in [0, 0.1) is 5.82 Å². The van der Waals surface area contributed by atoms with Gasteiger partial charge in [0.25, 0.3) is 0 Å². The van der Waals surface area contributed by atoms with E-state index in [1.807, 2.05) is 18.2 Å². The number of nitrogens with one attached hydrogen (secondary N) is 2. The molecule has 0 atom stereocenters. The van der Waals surface area contributed by atoms with E-state index in [0.29, 0.717) is 6.54 Å². The number of likely N-dealkylation sites (N-methyl/N-ethyl adjacent to an activating group) is 1. The first-order valence-electron chi connectivity index (χ1n) is 11.5. The summed E-state index contributed by atoms with van der Waals surface area (Å²) in [6.45, 7) is 0.322. The predicted octanol–water partition coefficient (Wildman–Crippen LogP) is 4.48. The van der Waals surface area contributed by atoms with Crippen LogP contribution in [0.5, 0.6) is 0 Å². The van der Waals surface area contributed by atoms with E-state index < -0.39 is 0 Å². The van der Waals surface area contributed by atoms with E-state index in [9.17, 15) is 14.0 Å². The molecule has 0 unspecified atom stereocenters. The Hall–Kier alpha value is -2.44. The van der Waals surface area contributed by atoms with E-state index in [0.717, 1.165) is 42.7 Å². The van der Waals surface area contributed by atoms with Gasteiger partial charge in [-0.25, -0.2) is 4.39 Å². The van der Waals surface area contributed by atoms with Crippen LogP contribution in [-0.2, 0) is 22.6 Å². The van der Waals surface area contributed by atoms with Gasteiger partial charge in [0.2, 0.25) is 11.8 Å². The number of hydrogen-bond donors (Lipinski definition) is 2. The molecule has 0 radical (unpaired) electrons. The Morgan fingerprint density at radius 2 is 1.70 bits per heavy atom. The van der Waals surface area contributed by atoms with E-state index in [4.69, 9.17) is 11.6 Å². The van der Waals surface area contributed by atoms with E-state index >= 15 is 0 Å². The zero-order chi connectivity index (χ0) is 23.8. The van der Waals surface area contributed by atoms with Gasteiger partial charge in [0.1, 0.15) is 5.82 Å². The molecule has 1 aliphatic rings. The summed E-state index contributed by atoms with van der Waals surface area (Å²) in [6, 6.07) is 14.1. The van der Waals surface area contributed by atoms with Crippen molar-refractivity contribution in [2.75, 3.05) is 14.1 Å². The molecule has 2 aromatic rings. The molecule has 0 spiro atoms. The van der Waals surface area contributed by atoms with Crippen LogP contribution in [0.1, 0.15) is 49.7 Å². The Balaban J connectivity index is 1.41. The summed E-state index contributed by atoms with van der Waals surface area (Å²) in [7, 11) is 4.24. The van der Waals surface area contributed by atoms with Crippen molar-refractivity contribution in [1.82, 2.24) is 15.5 Å². The largest absolute Gasteiger partial charge is 0.353 e. The summed E-state index contributed by atoms with van der Waals surface area (Å²) in [5.74, 6) is -0.591. The standard InChI is InChI=1S/C26H33ClFN3O2/c1-31(2)26(17-20-4-3-5-21(27)16-20)14-12-23(13-15-26)30-25(33)11-10-24(32)29-18-19-6-8-22(28)9-7-19/h3-9,16,23H,10-15,17-18H2,1-2H3,(H,29,32)(H,30,33). The molecule has 7 heteroatoms. The lowest BCUT2D eigenvalue weighted by atomic mass is 9.75. The van der Waals surface area contributed by atoms with Crippen molar-refractivity contribution in [3.8, 4) is 0 Å². The van der Waals surface area contributed by atoms with E-state index in [1.54, 1.807) is 12.1 Å². The van der Waals surface area contributed by atoms with Gasteiger partial charge < -0.3 is 15.5 Å². The highest BCUT2D eigenvalue weighted by molar-refractivity contribution is 6.30. The number of hydrogen-bond acceptors (Lipinski definition) is 3. The van der Waals surface area contributed by atoms with Gasteiger partial charge in [0.15, 0.2) is 0 Å². The number of amides is 2. The van der Waals surface area contributed by atoms with Crippen LogP contribution in [0.15, 0.2) is 48.5 Å². The first-order valence-corrected chi connectivity index (χ1v) is 11.9. The SMILES string of the molecule is CN(C)C1(Cc2cccc(Cl)c2)CCC(NC(=O)CCC(=O)NCc2ccc(F)cc2)CC1. The monoisotopic (exact) mass is 473 g/mol. The molecule has 0 bridgehead atoms. The summed E-state index contributed by atoms with van der Waals surface area (Å²) in [6.07, 6.45) is 4.99. The maximum Gasteiger partial charge on any atom is 0.220 e. The van der Waals surface area contributed by atoms with E-state index in [2.05, 4.69) is 35.7 Å². The maximum atomic E-state index is 12.9. The second-order valence-electron chi connectivity index (χ2n) is 9.17. The highest BCUT2D eigenvalue weighted by Gasteiger charge is 2.37. The number of benzene rings is 2. The van der Waals surface area contributed by atoms with Gasteiger partial charge in [-0.05, 0) is 81.6 Å². The van der Waals surface area contributed by atoms with E-state index in [1.165, 1.54) is 17.7 Å². The summed E-state index contributed by atoms with van der Waals surface area (Å²) < 4.78 is 12.9. The molecule has 1 fully saturated rings. The molecule has 1 aliphatic carbocycles. The van der Waals surface area contributed by atoms with Crippen molar-refractivity contribution in [2.24, 2.45) is 0 Å². The average molecular weight is 474 g/mol. The third-order valence-corrected chi connectivity index (χ3v) is 6.87. The molecular formula is C26H33ClFN3O2. The predicted molar refractivity (Wildman–Crippen MR) is 129 cm³/mol. The van der Waals surface area contributed by atoms with Crippen molar-refractivity contribution in [2.45, 2.75) is 63.1 Å². The Labute approximate surface area is 200 Å². The smallest absolute Gasteiger partial charge is 0.220 e. The van der Waals surface area contributed by atoms with Crippen LogP contribution in [0.3, 0.4) is 0 Å². The molecule has 1 saturated carbocycles. The van der Waals surface area contributed by atoms with Crippen LogP contribution >= 0.6 is 11.6 Å². The van der Waals surface area contributed by atoms with Gasteiger partial charge in [-0.1, -0.05) is 35.9 Å². The lowest BCUT2D eigenvalue weighted by Crippen LogP contribution is -2.52. The lowest BCUT2D eigenvalue weighted by molar-refractivity contribution is -0.127. The second kappa shape index (κ2) is 11.6. The second-order valence-corrected chi connectivity index (χ2v) is 9.61. The molecule has 5 nitrogen and oxygen atoms in total. The normalized spacial score (nSPS) is 20.5. The van der Waals surface area contributed by atoms with Gasteiger partial charge in [-0.3, -0.25) is 9.59 Å². The number of nitrogens with zero attached hydrogens (tertiary/aromatic N) is 1. The van der Waals surface area contributed by atoms with Crippen molar-refractivity contribution < 1.29 is 14.0 Å². The molecule has 2 aromatic carbocycles. The van der Waals surface area contributed by atoms with Crippen LogP contribution in [-0.4, -0.2) is 42.4 Å². The van der Waals surface area contributed by atoms with Gasteiger partial charge in [-0.15, -0.1) is 0 Å². The van der Waals surface area contributed by atoms with Gasteiger partial charge in [-0.2, -0.15) is 0 Å². The summed E-state index contributed by atoms with van der Waals surface area (Å²) in [5.41, 5.74) is 2.09. The third kappa shape index (κ3) is 7.54. The maximum absolute atomic E-state index is 12.9. The van der Waals surface area contributed by atoms with Crippen LogP contribution in [0.25, 0.3) is 0 Å². The number of rotatable bonds is 9. The van der Waals surface area contributed by atoms with Crippen molar-refractivity contribution in [1.29, 1.82) is 0 Å². The first kappa shape index (κ1) is 25.2. The lowest BCUT2D eigenvalue weighted by Gasteiger charge is -2.45. The summed E-state index contributed by atoms with van der Waals surface area (Å²) >= 11 is 6.17. The average Bonchev–Trinajstić information content (AvgIpc) is 2.78. The minimum atomic E-state index is -0.309. The topological polar surface area (TPSA) is 61.4 Å². The first-order chi connectivity index (χ1) is 15.8. The molecule has 0 saturated heterocycles. The molecule has 33 heavy (non-hydrogen) atoms. The quantitative estimate of drug-likeness (QED) is 0.564. The fraction of sp³-hybridized carbons (Fsp3) is 0.462. The van der Waals surface area contributed by atoms with Gasteiger partial charge >= 0.3 is 0 Å². The number of carbonyl (C=O) groups excluding carboxylic acids is 2. The summed E-state index contributed by atoms with van der Waals surface area (Å²) in [4.78, 5) is 26.8. The fourth-order valence-corrected chi connectivity index (χ4v) is 4.74. The molecule has 178 valence electrons. The Kier molecular flexibility index (Phi) is 8.87. The van der Waals surface area contributed by atoms with Gasteiger partial charge in [0, 0.05) is 36.0 Å². The Morgan fingerprint density at radius 3 is 2.33 bits per heavy atom. The molecule has 3 rings (SSSR count). The zero-order valence-corrected chi connectivity index (χ0v) is 20.1. The highest BCUT2D eigenvalue weighted by atomic mass is 35.5. The molecule has 2 N–H and O–H groups in total. The number of halogens is 2. The van der Waals surface area contributed by atoms with Crippen molar-refractivity contribution >= 4 is 23.4 Å². The molecular weight excluding hydrogens is 441 g/mol. The molecule has 2 amide bonds. The number of carbonyl (C=O) groups is 2. The minimum absolute atomic E-state index is 0.0478. The molecule has 0 aliphatic heterocycles. The van der Waals surface area contributed by atoms with Crippen molar-refractivity contribution in [3.63, 3.8) is 0 Å². The van der Waals surface area contributed by atoms with Crippen molar-refractivity contribution in [3.05, 3.63) is 70.5 Å². The van der Waals surface area contributed by atoms with Crippen LogP contribution in [0.4, 0.5) is 4.39 Å². The Bertz CT molecular complexity index is 941. The fourth-order valence-electron chi connectivity index (χ4n) is 4.53. The molecule has 0 aromatic heterocycles. The van der Waals surface area contributed by atoms with Crippen LogP contribution < -0.4 is 10.6 Å². The van der Waals surface area contributed by atoms with E-state index in [-0.39, 0.29) is 42.1 Å². The van der Waals surface area contributed by atoms with Crippen LogP contribution in [0.2, 0.25) is 5.02 Å². The van der Waals surface area contributed by atoms with Gasteiger partial charge in [0.05, 0.1) is 0 Å². The molecule has 0 heterocycles.